The molecular weight excluding hydrogens is 342 g/mol. The van der Waals surface area contributed by atoms with Crippen LogP contribution in [0.15, 0.2) is 42.5 Å². The Morgan fingerprint density at radius 2 is 1.80 bits per heavy atom. The number of hydrogen-bond acceptors (Lipinski definition) is 4. The Morgan fingerprint density at radius 1 is 1.12 bits per heavy atom. The van der Waals surface area contributed by atoms with Gasteiger partial charge >= 0.3 is 0 Å². The summed E-state index contributed by atoms with van der Waals surface area (Å²) in [5.41, 5.74) is 3.13. The molecule has 3 rings (SSSR count). The molecule has 0 saturated carbocycles. The van der Waals surface area contributed by atoms with Gasteiger partial charge in [-0.05, 0) is 11.6 Å². The van der Waals surface area contributed by atoms with Gasteiger partial charge in [-0.1, -0.05) is 35.9 Å². The summed E-state index contributed by atoms with van der Waals surface area (Å²) in [6.45, 7) is 5.43. The van der Waals surface area contributed by atoms with E-state index in [1.807, 2.05) is 0 Å². The summed E-state index contributed by atoms with van der Waals surface area (Å²) in [4.78, 5) is 11.8. The number of nitrogens with one attached hydrogen (secondary N) is 2. The molecule has 1 heterocycles. The number of ether oxygens (including phenoxy) is 1. The lowest BCUT2D eigenvalue weighted by Crippen LogP contribution is -3.12. The van der Waals surface area contributed by atoms with Gasteiger partial charge in [0.05, 0.1) is 28.8 Å². The number of morpholine rings is 1. The predicted molar refractivity (Wildman–Crippen MR) is 97.1 cm³/mol. The van der Waals surface area contributed by atoms with E-state index in [4.69, 9.17) is 16.3 Å². The minimum absolute atomic E-state index is 0.00878. The average Bonchev–Trinajstić information content (AvgIpc) is 2.62. The summed E-state index contributed by atoms with van der Waals surface area (Å²) in [7, 11) is 0. The molecule has 0 bridgehead atoms. The molecular formula is C18H21ClN3O3+. The molecule has 1 aliphatic heterocycles. The molecule has 0 aromatic heterocycles. The first-order valence-electron chi connectivity index (χ1n) is 8.29. The molecule has 2 N–H and O–H groups in total. The summed E-state index contributed by atoms with van der Waals surface area (Å²) in [6, 6.07) is 12.9. The van der Waals surface area contributed by atoms with E-state index >= 15 is 0 Å². The molecule has 0 radical (unpaired) electrons. The normalized spacial score (nSPS) is 15.1. The van der Waals surface area contributed by atoms with E-state index in [1.54, 1.807) is 11.0 Å². The van der Waals surface area contributed by atoms with Crippen molar-refractivity contribution in [2.45, 2.75) is 13.1 Å². The van der Waals surface area contributed by atoms with Crippen molar-refractivity contribution in [3.05, 3.63) is 68.7 Å². The second kappa shape index (κ2) is 8.29. The van der Waals surface area contributed by atoms with E-state index in [0.717, 1.165) is 38.4 Å². The number of nitro benzene ring substituents is 1. The number of halogens is 1. The van der Waals surface area contributed by atoms with Crippen molar-refractivity contribution in [2.24, 2.45) is 0 Å². The van der Waals surface area contributed by atoms with Crippen molar-refractivity contribution in [3.63, 3.8) is 0 Å². The van der Waals surface area contributed by atoms with Crippen molar-refractivity contribution in [3.8, 4) is 0 Å². The number of anilines is 1. The van der Waals surface area contributed by atoms with Crippen molar-refractivity contribution in [2.75, 3.05) is 31.6 Å². The molecule has 2 aromatic carbocycles. The van der Waals surface area contributed by atoms with E-state index in [-0.39, 0.29) is 5.69 Å². The van der Waals surface area contributed by atoms with Gasteiger partial charge < -0.3 is 15.0 Å². The fraction of sp³-hybridized carbons (Fsp3) is 0.333. The van der Waals surface area contributed by atoms with Gasteiger partial charge in [-0.3, -0.25) is 10.1 Å². The first-order valence-corrected chi connectivity index (χ1v) is 8.66. The molecule has 1 saturated heterocycles. The van der Waals surface area contributed by atoms with Gasteiger partial charge in [-0.15, -0.1) is 0 Å². The molecule has 0 amide bonds. The molecule has 1 fully saturated rings. The first-order chi connectivity index (χ1) is 12.1. The number of benzene rings is 2. The molecule has 2 aromatic rings. The Balaban J connectivity index is 1.55. The highest BCUT2D eigenvalue weighted by Gasteiger charge is 2.14. The van der Waals surface area contributed by atoms with Gasteiger partial charge in [0.2, 0.25) is 0 Å². The van der Waals surface area contributed by atoms with Crippen LogP contribution < -0.4 is 10.2 Å². The summed E-state index contributed by atoms with van der Waals surface area (Å²) >= 11 is 6.09. The fourth-order valence-electron chi connectivity index (χ4n) is 2.86. The molecule has 0 atom stereocenters. The maximum absolute atomic E-state index is 10.7. The van der Waals surface area contributed by atoms with Gasteiger partial charge in [0.25, 0.3) is 5.69 Å². The smallest absolute Gasteiger partial charge is 0.271 e. The summed E-state index contributed by atoms with van der Waals surface area (Å²) < 4.78 is 5.38. The summed E-state index contributed by atoms with van der Waals surface area (Å²) in [6.07, 6.45) is 0. The topological polar surface area (TPSA) is 68.8 Å². The van der Waals surface area contributed by atoms with Crippen LogP contribution in [-0.2, 0) is 17.8 Å². The zero-order chi connectivity index (χ0) is 17.6. The van der Waals surface area contributed by atoms with E-state index in [2.05, 4.69) is 29.6 Å². The SMILES string of the molecule is O=[N+]([O-])c1ccc(NCc2ccc(C[NH+]3CCOCC3)cc2)c(Cl)c1. The minimum Gasteiger partial charge on any atom is -0.380 e. The Bertz CT molecular complexity index is 731. The second-order valence-electron chi connectivity index (χ2n) is 6.13. The highest BCUT2D eigenvalue weighted by atomic mass is 35.5. The number of nitro groups is 1. The van der Waals surface area contributed by atoms with Gasteiger partial charge in [0.15, 0.2) is 0 Å². The largest absolute Gasteiger partial charge is 0.380 e. The van der Waals surface area contributed by atoms with Gasteiger partial charge in [-0.25, -0.2) is 0 Å². The van der Waals surface area contributed by atoms with Crippen molar-refractivity contribution >= 4 is 23.0 Å². The molecule has 0 aliphatic carbocycles. The monoisotopic (exact) mass is 362 g/mol. The fourth-order valence-corrected chi connectivity index (χ4v) is 3.10. The highest BCUT2D eigenvalue weighted by Crippen LogP contribution is 2.27. The minimum atomic E-state index is -0.454. The van der Waals surface area contributed by atoms with Crippen molar-refractivity contribution in [1.82, 2.24) is 0 Å². The van der Waals surface area contributed by atoms with E-state index in [0.29, 0.717) is 17.3 Å². The Labute approximate surface area is 151 Å². The van der Waals surface area contributed by atoms with Crippen LogP contribution in [0.2, 0.25) is 5.02 Å². The van der Waals surface area contributed by atoms with Crippen LogP contribution in [0.5, 0.6) is 0 Å². The lowest BCUT2D eigenvalue weighted by molar-refractivity contribution is -0.921. The molecule has 132 valence electrons. The molecule has 7 heteroatoms. The molecule has 0 unspecified atom stereocenters. The maximum Gasteiger partial charge on any atom is 0.271 e. The third-order valence-electron chi connectivity index (χ3n) is 4.32. The zero-order valence-corrected chi connectivity index (χ0v) is 14.6. The third kappa shape index (κ3) is 4.92. The van der Waals surface area contributed by atoms with Crippen LogP contribution in [0.1, 0.15) is 11.1 Å². The lowest BCUT2D eigenvalue weighted by Gasteiger charge is -2.23. The Kier molecular flexibility index (Phi) is 5.86. The highest BCUT2D eigenvalue weighted by molar-refractivity contribution is 6.33. The molecule has 25 heavy (non-hydrogen) atoms. The number of quaternary nitrogens is 1. The van der Waals surface area contributed by atoms with Gasteiger partial charge in [0.1, 0.15) is 19.6 Å². The molecule has 1 aliphatic rings. The van der Waals surface area contributed by atoms with Crippen LogP contribution in [-0.4, -0.2) is 31.2 Å². The Hall–Kier alpha value is -2.15. The number of non-ortho nitro benzene ring substituents is 1. The van der Waals surface area contributed by atoms with Crippen LogP contribution in [0.25, 0.3) is 0 Å². The summed E-state index contributed by atoms with van der Waals surface area (Å²) in [5.74, 6) is 0. The average molecular weight is 363 g/mol. The summed E-state index contributed by atoms with van der Waals surface area (Å²) in [5, 5.41) is 14.3. The Morgan fingerprint density at radius 3 is 2.44 bits per heavy atom. The molecule has 6 nitrogen and oxygen atoms in total. The lowest BCUT2D eigenvalue weighted by atomic mass is 10.1. The second-order valence-corrected chi connectivity index (χ2v) is 6.54. The maximum atomic E-state index is 10.7. The van der Waals surface area contributed by atoms with Crippen molar-refractivity contribution < 1.29 is 14.6 Å². The quantitative estimate of drug-likeness (QED) is 0.611. The van der Waals surface area contributed by atoms with Crippen molar-refractivity contribution in [1.29, 1.82) is 0 Å². The van der Waals surface area contributed by atoms with E-state index in [1.165, 1.54) is 17.7 Å². The first kappa shape index (κ1) is 17.7. The number of nitrogens with zero attached hydrogens (tertiary/aromatic N) is 1. The van der Waals surface area contributed by atoms with Crippen LogP contribution in [0, 0.1) is 10.1 Å². The predicted octanol–water partition coefficient (Wildman–Crippen LogP) is 2.28. The van der Waals surface area contributed by atoms with E-state index in [9.17, 15) is 10.1 Å². The van der Waals surface area contributed by atoms with Crippen LogP contribution >= 0.6 is 11.6 Å². The van der Waals surface area contributed by atoms with Gasteiger partial charge in [-0.2, -0.15) is 0 Å². The number of rotatable bonds is 6. The van der Waals surface area contributed by atoms with Crippen LogP contribution in [0.3, 0.4) is 0 Å². The third-order valence-corrected chi connectivity index (χ3v) is 4.64. The van der Waals surface area contributed by atoms with Crippen LogP contribution in [0.4, 0.5) is 11.4 Å². The van der Waals surface area contributed by atoms with Gasteiger partial charge in [0, 0.05) is 24.2 Å². The molecule has 0 spiro atoms. The zero-order valence-electron chi connectivity index (χ0n) is 13.8. The number of hydrogen-bond donors (Lipinski definition) is 2. The van der Waals surface area contributed by atoms with E-state index < -0.39 is 4.92 Å². The standard InChI is InChI=1S/C18H20ClN3O3/c19-17-11-16(22(23)24)5-6-18(17)20-12-14-1-3-15(4-2-14)13-21-7-9-25-10-8-21/h1-6,11,20H,7-10,12-13H2/p+1.